The summed E-state index contributed by atoms with van der Waals surface area (Å²) < 4.78 is 10.8. The van der Waals surface area contributed by atoms with Gasteiger partial charge in [0.1, 0.15) is 18.8 Å². The van der Waals surface area contributed by atoms with E-state index < -0.39 is 10.8 Å². The minimum Gasteiger partial charge on any atom is -0.486 e. The predicted octanol–water partition coefficient (Wildman–Crippen LogP) is 4.35. The van der Waals surface area contributed by atoms with Crippen LogP contribution in [0.3, 0.4) is 0 Å². The molecule has 1 N–H and O–H groups in total. The van der Waals surface area contributed by atoms with Crippen molar-refractivity contribution in [2.24, 2.45) is 0 Å². The van der Waals surface area contributed by atoms with Gasteiger partial charge in [-0.2, -0.15) is 0 Å². The molecule has 7 nitrogen and oxygen atoms in total. The lowest BCUT2D eigenvalue weighted by Gasteiger charge is -2.18. The van der Waals surface area contributed by atoms with E-state index in [1.54, 1.807) is 0 Å². The fourth-order valence-electron chi connectivity index (χ4n) is 2.94. The maximum atomic E-state index is 12.6. The molecule has 3 rings (SSSR count). The van der Waals surface area contributed by atoms with Crippen LogP contribution in [0.5, 0.6) is 11.5 Å². The molecule has 0 aromatic heterocycles. The Morgan fingerprint density at radius 3 is 2.41 bits per heavy atom. The minimum atomic E-state index is -0.593. The Labute approximate surface area is 157 Å². The largest absolute Gasteiger partial charge is 0.486 e. The molecule has 0 unspecified atom stereocenters. The van der Waals surface area contributed by atoms with E-state index in [1.165, 1.54) is 30.5 Å². The molecule has 27 heavy (non-hydrogen) atoms. The maximum absolute atomic E-state index is 12.6. The van der Waals surface area contributed by atoms with Gasteiger partial charge in [0.2, 0.25) is 0 Å². The summed E-state index contributed by atoms with van der Waals surface area (Å²) in [6, 6.07) is 10.1. The van der Waals surface area contributed by atoms with Crippen LogP contribution in [-0.2, 0) is 6.42 Å². The molecular formula is C20H22N2O5. The van der Waals surface area contributed by atoms with Gasteiger partial charge in [0.15, 0.2) is 11.5 Å². The van der Waals surface area contributed by atoms with Gasteiger partial charge < -0.3 is 14.8 Å². The molecule has 0 saturated carbocycles. The molecule has 1 aliphatic heterocycles. The predicted molar refractivity (Wildman–Crippen MR) is 102 cm³/mol. The molecule has 0 bridgehead atoms. The number of ether oxygens (including phenoxy) is 2. The van der Waals surface area contributed by atoms with E-state index in [0.717, 1.165) is 12.8 Å². The lowest BCUT2D eigenvalue weighted by atomic mass is 10.1. The third kappa shape index (κ3) is 4.55. The SMILES string of the molecule is CCCCCc1ccc(NC(=O)c2cc3c(cc2[N+](=O)[O-])OCCO3)cc1. The number of carbonyl (C=O) groups is 1. The molecular weight excluding hydrogens is 348 g/mol. The number of amides is 1. The van der Waals surface area contributed by atoms with Crippen LogP contribution >= 0.6 is 0 Å². The highest BCUT2D eigenvalue weighted by Gasteiger charge is 2.26. The second-order valence-corrected chi connectivity index (χ2v) is 6.38. The molecule has 1 aliphatic rings. The number of nitro benzene ring substituents is 1. The summed E-state index contributed by atoms with van der Waals surface area (Å²) in [5, 5.41) is 14.1. The lowest BCUT2D eigenvalue weighted by molar-refractivity contribution is -0.385. The monoisotopic (exact) mass is 370 g/mol. The van der Waals surface area contributed by atoms with Gasteiger partial charge in [0.05, 0.1) is 11.0 Å². The molecule has 2 aromatic carbocycles. The van der Waals surface area contributed by atoms with Crippen molar-refractivity contribution in [3.63, 3.8) is 0 Å². The quantitative estimate of drug-likeness (QED) is 0.444. The smallest absolute Gasteiger partial charge is 0.286 e. The van der Waals surface area contributed by atoms with Crippen molar-refractivity contribution in [2.45, 2.75) is 32.6 Å². The fraction of sp³-hybridized carbons (Fsp3) is 0.350. The molecule has 0 saturated heterocycles. The third-order valence-electron chi connectivity index (χ3n) is 4.38. The Bertz CT molecular complexity index is 833. The van der Waals surface area contributed by atoms with E-state index in [1.807, 2.05) is 24.3 Å². The molecule has 1 amide bonds. The lowest BCUT2D eigenvalue weighted by Crippen LogP contribution is -2.18. The van der Waals surface area contributed by atoms with Crippen LogP contribution in [0.25, 0.3) is 0 Å². The van der Waals surface area contributed by atoms with Gasteiger partial charge in [0, 0.05) is 11.8 Å². The first-order chi connectivity index (χ1) is 13.1. The van der Waals surface area contributed by atoms with E-state index >= 15 is 0 Å². The summed E-state index contributed by atoms with van der Waals surface area (Å²) in [5.74, 6) is 0.0570. The number of nitrogens with one attached hydrogen (secondary N) is 1. The van der Waals surface area contributed by atoms with Crippen LogP contribution in [0.15, 0.2) is 36.4 Å². The first-order valence-corrected chi connectivity index (χ1v) is 9.07. The van der Waals surface area contributed by atoms with E-state index in [0.29, 0.717) is 24.7 Å². The number of nitrogens with zero attached hydrogens (tertiary/aromatic N) is 1. The van der Waals surface area contributed by atoms with Crippen molar-refractivity contribution in [1.82, 2.24) is 0 Å². The minimum absolute atomic E-state index is 0.0590. The number of benzene rings is 2. The summed E-state index contributed by atoms with van der Waals surface area (Å²) in [4.78, 5) is 23.4. The zero-order valence-corrected chi connectivity index (χ0v) is 15.2. The standard InChI is InChI=1S/C20H22N2O5/c1-2-3-4-5-14-6-8-15(9-7-14)21-20(23)16-12-18-19(27-11-10-26-18)13-17(16)22(24)25/h6-9,12-13H,2-5,10-11H2,1H3,(H,21,23). The number of hydrogen-bond acceptors (Lipinski definition) is 5. The zero-order chi connectivity index (χ0) is 19.2. The highest BCUT2D eigenvalue weighted by atomic mass is 16.6. The summed E-state index contributed by atoms with van der Waals surface area (Å²) in [7, 11) is 0. The van der Waals surface area contributed by atoms with Gasteiger partial charge in [0.25, 0.3) is 11.6 Å². The fourth-order valence-corrected chi connectivity index (χ4v) is 2.94. The van der Waals surface area contributed by atoms with Crippen molar-refractivity contribution in [1.29, 1.82) is 0 Å². The normalized spacial score (nSPS) is 12.5. The van der Waals surface area contributed by atoms with Crippen molar-refractivity contribution in [3.05, 3.63) is 57.6 Å². The Kier molecular flexibility index (Phi) is 5.90. The van der Waals surface area contributed by atoms with Crippen LogP contribution in [0.2, 0.25) is 0 Å². The second-order valence-electron chi connectivity index (χ2n) is 6.38. The Hall–Kier alpha value is -3.09. The topological polar surface area (TPSA) is 90.7 Å². The van der Waals surface area contributed by atoms with Crippen LogP contribution in [-0.4, -0.2) is 24.0 Å². The highest BCUT2D eigenvalue weighted by Crippen LogP contribution is 2.36. The van der Waals surface area contributed by atoms with Gasteiger partial charge in [-0.05, 0) is 30.5 Å². The van der Waals surface area contributed by atoms with Gasteiger partial charge in [-0.25, -0.2) is 0 Å². The maximum Gasteiger partial charge on any atom is 0.286 e. The number of hydrogen-bond donors (Lipinski definition) is 1. The Morgan fingerprint density at radius 2 is 1.78 bits per heavy atom. The molecule has 2 aromatic rings. The van der Waals surface area contributed by atoms with Crippen LogP contribution in [0.4, 0.5) is 11.4 Å². The Morgan fingerprint density at radius 1 is 1.11 bits per heavy atom. The van der Waals surface area contributed by atoms with Crippen LogP contribution < -0.4 is 14.8 Å². The number of fused-ring (bicyclic) bond motifs is 1. The number of aryl methyl sites for hydroxylation is 1. The third-order valence-corrected chi connectivity index (χ3v) is 4.38. The van der Waals surface area contributed by atoms with Gasteiger partial charge >= 0.3 is 0 Å². The highest BCUT2D eigenvalue weighted by molar-refractivity contribution is 6.07. The molecule has 142 valence electrons. The van der Waals surface area contributed by atoms with Gasteiger partial charge in [-0.15, -0.1) is 0 Å². The average molecular weight is 370 g/mol. The van der Waals surface area contributed by atoms with E-state index in [-0.39, 0.29) is 17.0 Å². The molecule has 7 heteroatoms. The molecule has 0 spiro atoms. The zero-order valence-electron chi connectivity index (χ0n) is 15.2. The summed E-state index contributed by atoms with van der Waals surface area (Å²) in [6.45, 7) is 2.82. The van der Waals surface area contributed by atoms with E-state index in [2.05, 4.69) is 12.2 Å². The van der Waals surface area contributed by atoms with Crippen molar-refractivity contribution >= 4 is 17.3 Å². The number of carbonyl (C=O) groups excluding carboxylic acids is 1. The van der Waals surface area contributed by atoms with Gasteiger partial charge in [-0.3, -0.25) is 14.9 Å². The van der Waals surface area contributed by atoms with E-state index in [4.69, 9.17) is 9.47 Å². The van der Waals surface area contributed by atoms with Crippen LogP contribution in [0, 0.1) is 10.1 Å². The molecule has 1 heterocycles. The number of unbranched alkanes of at least 4 members (excludes halogenated alkanes) is 2. The molecule has 0 fully saturated rings. The van der Waals surface area contributed by atoms with Crippen molar-refractivity contribution < 1.29 is 19.2 Å². The van der Waals surface area contributed by atoms with Crippen molar-refractivity contribution in [3.8, 4) is 11.5 Å². The second kappa shape index (κ2) is 8.53. The van der Waals surface area contributed by atoms with Crippen LogP contribution in [0.1, 0.15) is 42.1 Å². The summed E-state index contributed by atoms with van der Waals surface area (Å²) in [5.41, 5.74) is 1.42. The molecule has 0 radical (unpaired) electrons. The molecule has 0 aliphatic carbocycles. The first-order valence-electron chi connectivity index (χ1n) is 9.07. The number of rotatable bonds is 7. The molecule has 0 atom stereocenters. The Balaban J connectivity index is 1.76. The summed E-state index contributed by atoms with van der Waals surface area (Å²) in [6.07, 6.45) is 4.48. The first kappa shape index (κ1) is 18.7. The number of anilines is 1. The van der Waals surface area contributed by atoms with Gasteiger partial charge in [-0.1, -0.05) is 31.9 Å². The summed E-state index contributed by atoms with van der Waals surface area (Å²) >= 11 is 0. The van der Waals surface area contributed by atoms with E-state index in [9.17, 15) is 14.9 Å². The number of nitro groups is 1. The van der Waals surface area contributed by atoms with Crippen molar-refractivity contribution in [2.75, 3.05) is 18.5 Å². The average Bonchev–Trinajstić information content (AvgIpc) is 2.68.